The maximum Gasteiger partial charge on any atom is 0.266 e. The zero-order valence-electron chi connectivity index (χ0n) is 21.2. The molecule has 1 atom stereocenters. The minimum atomic E-state index is -1.27. The molecule has 1 aliphatic heterocycles. The van der Waals surface area contributed by atoms with Crippen LogP contribution in [0.3, 0.4) is 0 Å². The van der Waals surface area contributed by atoms with Crippen molar-refractivity contribution in [3.63, 3.8) is 0 Å². The zero-order valence-corrected chi connectivity index (χ0v) is 21.2. The van der Waals surface area contributed by atoms with Crippen molar-refractivity contribution >= 4 is 17.5 Å². The van der Waals surface area contributed by atoms with Crippen molar-refractivity contribution in [2.45, 2.75) is 44.8 Å². The van der Waals surface area contributed by atoms with Gasteiger partial charge in [-0.25, -0.2) is 10.4 Å². The van der Waals surface area contributed by atoms with Crippen LogP contribution < -0.4 is 15.6 Å². The smallest absolute Gasteiger partial charge is 0.266 e. The van der Waals surface area contributed by atoms with Crippen LogP contribution in [0.2, 0.25) is 0 Å². The van der Waals surface area contributed by atoms with Crippen LogP contribution in [0.25, 0.3) is 10.4 Å². The summed E-state index contributed by atoms with van der Waals surface area (Å²) in [4.78, 5) is 21.1. The van der Waals surface area contributed by atoms with E-state index in [1.165, 1.54) is 0 Å². The molecule has 37 heavy (non-hydrogen) atoms. The molecule has 0 radical (unpaired) electrons. The van der Waals surface area contributed by atoms with E-state index in [-0.39, 0.29) is 31.6 Å². The largest absolute Gasteiger partial charge is 0.494 e. The van der Waals surface area contributed by atoms with E-state index < -0.39 is 5.54 Å². The molecule has 3 rings (SSSR count). The third kappa shape index (κ3) is 8.19. The van der Waals surface area contributed by atoms with Gasteiger partial charge in [0, 0.05) is 48.8 Å². The van der Waals surface area contributed by atoms with E-state index >= 15 is 0 Å². The summed E-state index contributed by atoms with van der Waals surface area (Å²) >= 11 is 0. The number of aliphatic hydroxyl groups is 1. The molecule has 0 bridgehead atoms. The Morgan fingerprint density at radius 2 is 2.00 bits per heavy atom. The van der Waals surface area contributed by atoms with Gasteiger partial charge >= 0.3 is 0 Å². The summed E-state index contributed by atoms with van der Waals surface area (Å²) in [6.45, 7) is 5.55. The maximum atomic E-state index is 13.4. The Kier molecular flexibility index (Phi) is 10.7. The number of hydrazine groups is 1. The third-order valence-electron chi connectivity index (χ3n) is 5.58. The van der Waals surface area contributed by atoms with Gasteiger partial charge in [-0.2, -0.15) is 0 Å². The number of aliphatic imine (C=N–C) groups is 1. The van der Waals surface area contributed by atoms with Crippen molar-refractivity contribution in [1.82, 2.24) is 10.9 Å². The van der Waals surface area contributed by atoms with Gasteiger partial charge in [0.05, 0.1) is 12.7 Å². The topological polar surface area (TPSA) is 150 Å². The van der Waals surface area contributed by atoms with Crippen LogP contribution in [0.4, 0.5) is 5.69 Å². The number of nitrogens with zero attached hydrogens (tertiary/aromatic N) is 4. The van der Waals surface area contributed by atoms with Gasteiger partial charge in [-0.3, -0.25) is 10.2 Å². The van der Waals surface area contributed by atoms with Crippen LogP contribution in [-0.4, -0.2) is 61.5 Å². The molecule has 1 aliphatic rings. The maximum absolute atomic E-state index is 13.4. The quantitative estimate of drug-likeness (QED) is 0.110. The molecule has 0 saturated carbocycles. The first kappa shape index (κ1) is 27.9. The summed E-state index contributed by atoms with van der Waals surface area (Å²) in [6.07, 6.45) is 1.60. The summed E-state index contributed by atoms with van der Waals surface area (Å²) in [5.74, 6) is 0.643. The Morgan fingerprint density at radius 3 is 2.73 bits per heavy atom. The predicted octanol–water partition coefficient (Wildman–Crippen LogP) is 3.58. The van der Waals surface area contributed by atoms with Crippen molar-refractivity contribution in [1.29, 1.82) is 0 Å². The molecule has 0 fully saturated rings. The second-order valence-electron chi connectivity index (χ2n) is 8.84. The van der Waals surface area contributed by atoms with Crippen LogP contribution in [-0.2, 0) is 20.7 Å². The van der Waals surface area contributed by atoms with Gasteiger partial charge in [0.1, 0.15) is 12.4 Å². The first-order valence-electron chi connectivity index (χ1n) is 12.3. The summed E-state index contributed by atoms with van der Waals surface area (Å²) in [6, 6.07) is 14.3. The lowest BCUT2D eigenvalue weighted by Gasteiger charge is -2.24. The lowest BCUT2D eigenvalue weighted by molar-refractivity contribution is -0.127. The van der Waals surface area contributed by atoms with E-state index in [2.05, 4.69) is 20.9 Å². The van der Waals surface area contributed by atoms with Gasteiger partial charge in [-0.15, -0.1) is 0 Å². The van der Waals surface area contributed by atoms with Crippen LogP contribution >= 0.6 is 0 Å². The molecule has 3 N–H and O–H groups in total. The molecule has 0 unspecified atom stereocenters. The number of nitrogens with one attached hydrogen (secondary N) is 2. The molecule has 1 amide bonds. The van der Waals surface area contributed by atoms with E-state index in [9.17, 15) is 4.79 Å². The van der Waals surface area contributed by atoms with Gasteiger partial charge in [-0.1, -0.05) is 29.4 Å². The standard InChI is InChI=1S/C26H34N6O5/c1-19(2)35-15-5-13-28-31-25(34)26(17-21-7-3-4-8-23(21)30-32-27)18-37-24(29-26)20-9-11-22(12-10-20)36-16-6-14-33/h3-4,7-12,19,28,33H,5-6,13-18H2,1-2H3,(H,31,34)/t26-/m0/s1. The number of azide groups is 1. The predicted molar refractivity (Wildman–Crippen MR) is 140 cm³/mol. The first-order valence-corrected chi connectivity index (χ1v) is 12.3. The molecule has 0 spiro atoms. The monoisotopic (exact) mass is 510 g/mol. The van der Waals surface area contributed by atoms with Gasteiger partial charge in [0.15, 0.2) is 5.54 Å². The Labute approximate surface area is 216 Å². The number of carbonyl (C=O) groups is 1. The number of amides is 1. The highest BCUT2D eigenvalue weighted by Crippen LogP contribution is 2.31. The Morgan fingerprint density at radius 1 is 1.22 bits per heavy atom. The van der Waals surface area contributed by atoms with E-state index in [1.807, 2.05) is 38.1 Å². The highest BCUT2D eigenvalue weighted by molar-refractivity contribution is 6.00. The number of rotatable bonds is 15. The summed E-state index contributed by atoms with van der Waals surface area (Å²) < 4.78 is 17.0. The van der Waals surface area contributed by atoms with Gasteiger partial charge in [0.25, 0.3) is 5.91 Å². The normalized spacial score (nSPS) is 16.6. The average Bonchev–Trinajstić information content (AvgIpc) is 3.33. The van der Waals surface area contributed by atoms with E-state index in [0.717, 1.165) is 6.42 Å². The van der Waals surface area contributed by atoms with E-state index in [1.54, 1.807) is 24.3 Å². The molecule has 11 heteroatoms. The Hall–Kier alpha value is -3.63. The number of aliphatic hydroxyl groups excluding tert-OH is 1. The lowest BCUT2D eigenvalue weighted by Crippen LogP contribution is -2.53. The molecule has 198 valence electrons. The molecule has 1 heterocycles. The minimum absolute atomic E-state index is 0.0195. The fraction of sp³-hybridized carbons (Fsp3) is 0.462. The lowest BCUT2D eigenvalue weighted by atomic mass is 9.91. The summed E-state index contributed by atoms with van der Waals surface area (Å²) in [5.41, 5.74) is 15.2. The molecule has 0 aromatic heterocycles. The molecule has 2 aromatic rings. The number of hydrogen-bond acceptors (Lipinski definition) is 8. The highest BCUT2D eigenvalue weighted by Gasteiger charge is 2.45. The summed E-state index contributed by atoms with van der Waals surface area (Å²) in [5, 5.41) is 12.7. The van der Waals surface area contributed by atoms with Crippen molar-refractivity contribution in [3.8, 4) is 5.75 Å². The van der Waals surface area contributed by atoms with Crippen LogP contribution in [0.15, 0.2) is 58.6 Å². The van der Waals surface area contributed by atoms with E-state index in [4.69, 9.17) is 29.8 Å². The van der Waals surface area contributed by atoms with Crippen molar-refractivity contribution in [2.24, 2.45) is 10.1 Å². The van der Waals surface area contributed by atoms with Crippen molar-refractivity contribution in [3.05, 3.63) is 70.1 Å². The average molecular weight is 511 g/mol. The number of hydrogen-bond donors (Lipinski definition) is 3. The minimum Gasteiger partial charge on any atom is -0.494 e. The fourth-order valence-electron chi connectivity index (χ4n) is 3.69. The molecule has 2 aromatic carbocycles. The molecular formula is C26H34N6O5. The van der Waals surface area contributed by atoms with Crippen LogP contribution in [0, 0.1) is 0 Å². The molecular weight excluding hydrogens is 476 g/mol. The van der Waals surface area contributed by atoms with E-state index in [0.29, 0.717) is 54.6 Å². The summed E-state index contributed by atoms with van der Waals surface area (Å²) in [7, 11) is 0. The molecule has 11 nitrogen and oxygen atoms in total. The Bertz CT molecular complexity index is 1100. The van der Waals surface area contributed by atoms with Gasteiger partial charge in [0.2, 0.25) is 5.90 Å². The SMILES string of the molecule is CC(C)OCCCNNC(=O)[C@]1(Cc2ccccc2N=[N+]=[N-])COC(c2ccc(OCCCO)cc2)=N1. The zero-order chi connectivity index (χ0) is 26.5. The van der Waals surface area contributed by atoms with Crippen molar-refractivity contribution < 1.29 is 24.1 Å². The molecule has 0 saturated heterocycles. The van der Waals surface area contributed by atoms with Gasteiger partial charge in [-0.05, 0) is 55.6 Å². The third-order valence-corrected chi connectivity index (χ3v) is 5.58. The second-order valence-corrected chi connectivity index (χ2v) is 8.84. The number of carbonyl (C=O) groups excluding carboxylic acids is 1. The van der Waals surface area contributed by atoms with Crippen LogP contribution in [0.1, 0.15) is 37.8 Å². The Balaban J connectivity index is 1.78. The number of ether oxygens (including phenoxy) is 3. The highest BCUT2D eigenvalue weighted by atomic mass is 16.5. The van der Waals surface area contributed by atoms with Crippen LogP contribution in [0.5, 0.6) is 5.75 Å². The number of benzene rings is 2. The fourth-order valence-corrected chi connectivity index (χ4v) is 3.69. The second kappa shape index (κ2) is 14.2. The van der Waals surface area contributed by atoms with Gasteiger partial charge < -0.3 is 19.3 Å². The first-order chi connectivity index (χ1) is 18.0. The molecule has 0 aliphatic carbocycles. The van der Waals surface area contributed by atoms with Crippen molar-refractivity contribution in [2.75, 3.05) is 33.0 Å².